The standard InChI is InChI=1S/C12H17Cl2N5.ClH/c1-2-5-19(12(17)18-11(15)16)7-8-3-4-9(13)6-10(8)14;/h3-4,6H,2,5,7H2,1H3,(H5,15,16,17,18);1H. The number of nitrogens with one attached hydrogen (secondary N) is 1. The molecule has 0 bridgehead atoms. The van der Waals surface area contributed by atoms with Crippen molar-refractivity contribution in [2.24, 2.45) is 16.5 Å². The largest absolute Gasteiger partial charge is 0.370 e. The molecule has 0 saturated carbocycles. The van der Waals surface area contributed by atoms with Crippen LogP contribution in [0, 0.1) is 5.41 Å². The molecule has 0 heterocycles. The maximum atomic E-state index is 7.85. The Balaban J connectivity index is 0.00000361. The predicted molar refractivity (Wildman–Crippen MR) is 87.9 cm³/mol. The lowest BCUT2D eigenvalue weighted by Gasteiger charge is -2.22. The van der Waals surface area contributed by atoms with E-state index in [-0.39, 0.29) is 24.3 Å². The molecule has 1 aromatic rings. The second-order valence-electron chi connectivity index (χ2n) is 4.02. The van der Waals surface area contributed by atoms with Crippen LogP contribution in [0.15, 0.2) is 23.2 Å². The summed E-state index contributed by atoms with van der Waals surface area (Å²) < 4.78 is 0. The quantitative estimate of drug-likeness (QED) is 0.582. The Bertz CT molecular complexity index is 486. The zero-order chi connectivity index (χ0) is 14.4. The summed E-state index contributed by atoms with van der Waals surface area (Å²) in [6, 6.07) is 5.26. The first-order chi connectivity index (χ1) is 8.93. The molecule has 1 aromatic carbocycles. The van der Waals surface area contributed by atoms with Crippen molar-refractivity contribution in [3.8, 4) is 0 Å². The Kier molecular flexibility index (Phi) is 8.37. The van der Waals surface area contributed by atoms with Gasteiger partial charge in [0.05, 0.1) is 0 Å². The number of aliphatic imine (C=N–C) groups is 1. The minimum absolute atomic E-state index is 0. The third kappa shape index (κ3) is 5.86. The van der Waals surface area contributed by atoms with Gasteiger partial charge in [-0.05, 0) is 24.1 Å². The number of benzene rings is 1. The minimum atomic E-state index is -0.131. The van der Waals surface area contributed by atoms with Gasteiger partial charge in [0.1, 0.15) is 0 Å². The van der Waals surface area contributed by atoms with E-state index in [0.29, 0.717) is 23.1 Å². The Hall–Kier alpha value is -1.17. The van der Waals surface area contributed by atoms with Gasteiger partial charge in [0.15, 0.2) is 5.96 Å². The number of nitrogens with two attached hydrogens (primary N) is 2. The number of halogens is 3. The van der Waals surface area contributed by atoms with Gasteiger partial charge in [0, 0.05) is 23.1 Å². The van der Waals surface area contributed by atoms with E-state index in [0.717, 1.165) is 12.0 Å². The van der Waals surface area contributed by atoms with Gasteiger partial charge in [-0.25, -0.2) is 0 Å². The van der Waals surface area contributed by atoms with Crippen LogP contribution in [0.25, 0.3) is 0 Å². The van der Waals surface area contributed by atoms with Crippen molar-refractivity contribution in [2.75, 3.05) is 6.54 Å². The van der Waals surface area contributed by atoms with Crippen LogP contribution in [0.3, 0.4) is 0 Å². The number of nitrogens with zero attached hydrogens (tertiary/aromatic N) is 2. The molecule has 0 fully saturated rings. The highest BCUT2D eigenvalue weighted by Crippen LogP contribution is 2.22. The van der Waals surface area contributed by atoms with Crippen molar-refractivity contribution in [1.82, 2.24) is 4.90 Å². The van der Waals surface area contributed by atoms with Gasteiger partial charge < -0.3 is 16.4 Å². The fourth-order valence-corrected chi connectivity index (χ4v) is 2.05. The normalized spacial score (nSPS) is 9.55. The third-order valence-corrected chi connectivity index (χ3v) is 2.99. The molecule has 0 spiro atoms. The van der Waals surface area contributed by atoms with Crippen molar-refractivity contribution in [2.45, 2.75) is 19.9 Å². The summed E-state index contributed by atoms with van der Waals surface area (Å²) in [7, 11) is 0. The summed E-state index contributed by atoms with van der Waals surface area (Å²) in [5.41, 5.74) is 11.4. The lowest BCUT2D eigenvalue weighted by Crippen LogP contribution is -2.33. The second-order valence-corrected chi connectivity index (χ2v) is 4.86. The van der Waals surface area contributed by atoms with Gasteiger partial charge in [-0.3, -0.25) is 5.41 Å². The van der Waals surface area contributed by atoms with E-state index in [4.69, 9.17) is 40.1 Å². The van der Waals surface area contributed by atoms with Gasteiger partial charge in [-0.1, -0.05) is 36.2 Å². The van der Waals surface area contributed by atoms with Crippen molar-refractivity contribution in [1.29, 1.82) is 5.41 Å². The molecule has 0 amide bonds. The molecule has 0 saturated heterocycles. The van der Waals surface area contributed by atoms with Crippen LogP contribution < -0.4 is 11.5 Å². The van der Waals surface area contributed by atoms with Gasteiger partial charge >= 0.3 is 0 Å². The zero-order valence-corrected chi connectivity index (χ0v) is 13.4. The lowest BCUT2D eigenvalue weighted by atomic mass is 10.2. The van der Waals surface area contributed by atoms with E-state index < -0.39 is 0 Å². The van der Waals surface area contributed by atoms with E-state index in [1.807, 2.05) is 13.0 Å². The number of guanidine groups is 2. The monoisotopic (exact) mass is 337 g/mol. The molecule has 8 heteroatoms. The van der Waals surface area contributed by atoms with E-state index in [2.05, 4.69) is 4.99 Å². The van der Waals surface area contributed by atoms with E-state index in [9.17, 15) is 0 Å². The van der Waals surface area contributed by atoms with Crippen molar-refractivity contribution >= 4 is 47.5 Å². The topological polar surface area (TPSA) is 91.5 Å². The molecule has 1 rings (SSSR count). The number of hydrogen-bond acceptors (Lipinski definition) is 1. The first-order valence-corrected chi connectivity index (χ1v) is 6.56. The van der Waals surface area contributed by atoms with Crippen LogP contribution >= 0.6 is 35.6 Å². The van der Waals surface area contributed by atoms with Gasteiger partial charge in [0.25, 0.3) is 0 Å². The van der Waals surface area contributed by atoms with Gasteiger partial charge in [0.2, 0.25) is 5.96 Å². The maximum Gasteiger partial charge on any atom is 0.221 e. The van der Waals surface area contributed by atoms with Crippen LogP contribution in [0.2, 0.25) is 10.0 Å². The van der Waals surface area contributed by atoms with Crippen molar-refractivity contribution in [3.63, 3.8) is 0 Å². The Morgan fingerprint density at radius 3 is 2.50 bits per heavy atom. The summed E-state index contributed by atoms with van der Waals surface area (Å²) >= 11 is 12.0. The summed E-state index contributed by atoms with van der Waals surface area (Å²) in [6.45, 7) is 3.13. The average Bonchev–Trinajstić information content (AvgIpc) is 2.30. The Morgan fingerprint density at radius 2 is 2.00 bits per heavy atom. The van der Waals surface area contributed by atoms with Gasteiger partial charge in [-0.2, -0.15) is 4.99 Å². The predicted octanol–water partition coefficient (Wildman–Crippen LogP) is 2.84. The summed E-state index contributed by atoms with van der Waals surface area (Å²) in [4.78, 5) is 5.50. The first-order valence-electron chi connectivity index (χ1n) is 5.81. The SMILES string of the molecule is CCCN(Cc1ccc(Cl)cc1Cl)C(=N)N=C(N)N.Cl. The molecule has 5 N–H and O–H groups in total. The molecule has 0 radical (unpaired) electrons. The number of hydrogen-bond donors (Lipinski definition) is 3. The highest BCUT2D eigenvalue weighted by Gasteiger charge is 2.11. The molecular formula is C12H18Cl3N5. The van der Waals surface area contributed by atoms with Crippen LogP contribution in [-0.2, 0) is 6.54 Å². The number of rotatable bonds is 4. The highest BCUT2D eigenvalue weighted by atomic mass is 35.5. The van der Waals surface area contributed by atoms with Crippen LogP contribution in [0.4, 0.5) is 0 Å². The van der Waals surface area contributed by atoms with Crippen molar-refractivity contribution in [3.05, 3.63) is 33.8 Å². The van der Waals surface area contributed by atoms with Gasteiger partial charge in [-0.15, -0.1) is 12.4 Å². The summed E-state index contributed by atoms with van der Waals surface area (Å²) in [5, 5.41) is 8.99. The summed E-state index contributed by atoms with van der Waals surface area (Å²) in [6.07, 6.45) is 0.869. The second kappa shape index (κ2) is 8.89. The van der Waals surface area contributed by atoms with Crippen LogP contribution in [0.1, 0.15) is 18.9 Å². The molecule has 0 unspecified atom stereocenters. The minimum Gasteiger partial charge on any atom is -0.370 e. The smallest absolute Gasteiger partial charge is 0.221 e. The van der Waals surface area contributed by atoms with Crippen LogP contribution in [-0.4, -0.2) is 23.4 Å². The van der Waals surface area contributed by atoms with E-state index in [1.165, 1.54) is 0 Å². The molecule has 0 aliphatic carbocycles. The molecule has 0 atom stereocenters. The molecule has 112 valence electrons. The molecule has 0 aromatic heterocycles. The molecule has 5 nitrogen and oxygen atoms in total. The fraction of sp³-hybridized carbons (Fsp3) is 0.333. The molecule has 0 aliphatic heterocycles. The molecule has 20 heavy (non-hydrogen) atoms. The summed E-state index contributed by atoms with van der Waals surface area (Å²) in [5.74, 6) is -0.110. The lowest BCUT2D eigenvalue weighted by molar-refractivity contribution is 0.405. The maximum absolute atomic E-state index is 7.85. The molecule has 0 aliphatic rings. The van der Waals surface area contributed by atoms with E-state index in [1.54, 1.807) is 17.0 Å². The Morgan fingerprint density at radius 1 is 1.35 bits per heavy atom. The van der Waals surface area contributed by atoms with E-state index >= 15 is 0 Å². The Labute approximate surface area is 134 Å². The van der Waals surface area contributed by atoms with Crippen molar-refractivity contribution < 1.29 is 0 Å². The molecular weight excluding hydrogens is 321 g/mol. The highest BCUT2D eigenvalue weighted by molar-refractivity contribution is 6.35. The average molecular weight is 339 g/mol. The zero-order valence-electron chi connectivity index (χ0n) is 11.1. The fourth-order valence-electron chi connectivity index (χ4n) is 1.58. The van der Waals surface area contributed by atoms with Crippen LogP contribution in [0.5, 0.6) is 0 Å². The first kappa shape index (κ1) is 18.8. The third-order valence-electron chi connectivity index (χ3n) is 2.40.